The van der Waals surface area contributed by atoms with Crippen molar-refractivity contribution in [1.82, 2.24) is 5.32 Å². The van der Waals surface area contributed by atoms with Crippen LogP contribution < -0.4 is 5.32 Å². The van der Waals surface area contributed by atoms with E-state index in [4.69, 9.17) is 0 Å². The average Bonchev–Trinajstić information content (AvgIpc) is 2.73. The van der Waals surface area contributed by atoms with E-state index < -0.39 is 0 Å². The molecule has 3 nitrogen and oxygen atoms in total. The molecule has 80 valence electrons. The second-order valence-electron chi connectivity index (χ2n) is 4.80. The maximum Gasteiger partial charge on any atom is 0.177 e. The van der Waals surface area contributed by atoms with Gasteiger partial charge in [-0.15, -0.1) is 0 Å². The molecular formula is C13H12N2O. The molecule has 1 N–H and O–H groups in total. The van der Waals surface area contributed by atoms with Crippen LogP contribution in [0.25, 0.3) is 0 Å². The topological polar surface area (TPSA) is 41.5 Å². The first kappa shape index (κ1) is 8.50. The summed E-state index contributed by atoms with van der Waals surface area (Å²) in [6.45, 7) is 1.70. The van der Waals surface area contributed by atoms with Crippen molar-refractivity contribution in [2.75, 3.05) is 13.1 Å². The third-order valence-electron chi connectivity index (χ3n) is 4.04. The highest BCUT2D eigenvalue weighted by Gasteiger charge is 2.69. The number of fused-ring (bicyclic) bond motifs is 3. The lowest BCUT2D eigenvalue weighted by Gasteiger charge is -2.11. The first-order chi connectivity index (χ1) is 7.84. The van der Waals surface area contributed by atoms with Gasteiger partial charge in [0.25, 0.3) is 0 Å². The molecule has 4 rings (SSSR count). The molecule has 1 heterocycles. The fraction of sp³-hybridized carbons (Fsp3) is 0.385. The fourth-order valence-electron chi connectivity index (χ4n) is 3.20. The first-order valence-electron chi connectivity index (χ1n) is 5.76. The Labute approximate surface area is 93.6 Å². The van der Waals surface area contributed by atoms with Crippen molar-refractivity contribution < 1.29 is 4.79 Å². The van der Waals surface area contributed by atoms with Gasteiger partial charge in [0.1, 0.15) is 5.84 Å². The van der Waals surface area contributed by atoms with E-state index in [0.29, 0.717) is 5.92 Å². The summed E-state index contributed by atoms with van der Waals surface area (Å²) >= 11 is 0. The van der Waals surface area contributed by atoms with E-state index in [1.807, 2.05) is 18.2 Å². The molecule has 0 aromatic heterocycles. The normalized spacial score (nSPS) is 34.1. The standard InChI is InChI=1S/C13H12N2O/c16-11-9-4-2-1-3-8(9)10-7-13(10,11)12-14-5-6-15-12/h1-4,10H,5-7H2,(H,14,15). The summed E-state index contributed by atoms with van der Waals surface area (Å²) in [5, 5.41) is 3.28. The molecule has 3 heteroatoms. The SMILES string of the molecule is O=C1c2ccccc2C2CC12C1=NCCN1. The minimum atomic E-state index is -0.291. The fourth-order valence-corrected chi connectivity index (χ4v) is 3.20. The summed E-state index contributed by atoms with van der Waals surface area (Å²) in [7, 11) is 0. The van der Waals surface area contributed by atoms with Crippen LogP contribution in [0.3, 0.4) is 0 Å². The summed E-state index contributed by atoms with van der Waals surface area (Å²) < 4.78 is 0. The van der Waals surface area contributed by atoms with Gasteiger partial charge in [-0.3, -0.25) is 9.79 Å². The highest BCUT2D eigenvalue weighted by atomic mass is 16.1. The summed E-state index contributed by atoms with van der Waals surface area (Å²) in [4.78, 5) is 16.9. The number of ketones is 1. The maximum atomic E-state index is 12.4. The van der Waals surface area contributed by atoms with Gasteiger partial charge in [0.05, 0.1) is 12.0 Å². The Hall–Kier alpha value is -1.64. The van der Waals surface area contributed by atoms with Crippen LogP contribution in [0.2, 0.25) is 0 Å². The zero-order valence-electron chi connectivity index (χ0n) is 8.86. The van der Waals surface area contributed by atoms with Gasteiger partial charge < -0.3 is 5.32 Å². The number of benzene rings is 1. The minimum Gasteiger partial charge on any atom is -0.371 e. The van der Waals surface area contributed by atoms with Crippen molar-refractivity contribution in [3.8, 4) is 0 Å². The number of hydrogen-bond donors (Lipinski definition) is 1. The Morgan fingerprint density at radius 2 is 2.25 bits per heavy atom. The summed E-state index contributed by atoms with van der Waals surface area (Å²) in [6, 6.07) is 7.99. The number of amidine groups is 1. The molecule has 2 unspecified atom stereocenters. The lowest BCUT2D eigenvalue weighted by atomic mass is 9.98. The summed E-state index contributed by atoms with van der Waals surface area (Å²) in [5.41, 5.74) is 1.85. The third-order valence-corrected chi connectivity index (χ3v) is 4.04. The number of hydrogen-bond acceptors (Lipinski definition) is 3. The third kappa shape index (κ3) is 0.775. The van der Waals surface area contributed by atoms with Gasteiger partial charge in [-0.05, 0) is 12.0 Å². The lowest BCUT2D eigenvalue weighted by molar-refractivity contribution is 0.0947. The van der Waals surface area contributed by atoms with E-state index in [-0.39, 0.29) is 11.2 Å². The smallest absolute Gasteiger partial charge is 0.177 e. The average molecular weight is 212 g/mol. The lowest BCUT2D eigenvalue weighted by Crippen LogP contribution is -2.33. The Kier molecular flexibility index (Phi) is 1.35. The molecule has 0 radical (unpaired) electrons. The molecule has 1 aromatic rings. The highest BCUT2D eigenvalue weighted by molar-refractivity contribution is 6.23. The quantitative estimate of drug-likeness (QED) is 0.763. The zero-order chi connectivity index (χ0) is 10.8. The molecular weight excluding hydrogens is 200 g/mol. The zero-order valence-corrected chi connectivity index (χ0v) is 8.86. The van der Waals surface area contributed by atoms with Crippen LogP contribution in [0.5, 0.6) is 0 Å². The van der Waals surface area contributed by atoms with E-state index in [2.05, 4.69) is 16.4 Å². The Balaban J connectivity index is 1.86. The number of rotatable bonds is 1. The van der Waals surface area contributed by atoms with Crippen LogP contribution in [0, 0.1) is 5.41 Å². The van der Waals surface area contributed by atoms with Crippen LogP contribution in [0.15, 0.2) is 29.3 Å². The van der Waals surface area contributed by atoms with Gasteiger partial charge in [0, 0.05) is 18.0 Å². The number of nitrogens with zero attached hydrogens (tertiary/aromatic N) is 1. The monoisotopic (exact) mass is 212 g/mol. The molecule has 0 bridgehead atoms. The van der Waals surface area contributed by atoms with Crippen LogP contribution >= 0.6 is 0 Å². The van der Waals surface area contributed by atoms with Crippen molar-refractivity contribution in [3.63, 3.8) is 0 Å². The van der Waals surface area contributed by atoms with Gasteiger partial charge in [-0.2, -0.15) is 0 Å². The van der Waals surface area contributed by atoms with Gasteiger partial charge in [-0.1, -0.05) is 24.3 Å². The predicted octanol–water partition coefficient (Wildman–Crippen LogP) is 1.36. The van der Waals surface area contributed by atoms with Gasteiger partial charge >= 0.3 is 0 Å². The van der Waals surface area contributed by atoms with E-state index in [0.717, 1.165) is 30.9 Å². The minimum absolute atomic E-state index is 0.279. The number of aliphatic imine (C=N–C) groups is 1. The largest absolute Gasteiger partial charge is 0.371 e. The van der Waals surface area contributed by atoms with Gasteiger partial charge in [0.15, 0.2) is 5.78 Å². The summed E-state index contributed by atoms with van der Waals surface area (Å²) in [6.07, 6.45) is 0.953. The molecule has 2 atom stereocenters. The van der Waals surface area contributed by atoms with Crippen molar-refractivity contribution in [2.45, 2.75) is 12.3 Å². The summed E-state index contributed by atoms with van der Waals surface area (Å²) in [5.74, 6) is 1.61. The molecule has 2 aliphatic carbocycles. The first-order valence-corrected chi connectivity index (χ1v) is 5.76. The Morgan fingerprint density at radius 1 is 1.38 bits per heavy atom. The molecule has 3 aliphatic rings. The highest BCUT2D eigenvalue weighted by Crippen LogP contribution is 2.66. The molecule has 0 amide bonds. The van der Waals surface area contributed by atoms with Crippen molar-refractivity contribution in [1.29, 1.82) is 0 Å². The second-order valence-corrected chi connectivity index (χ2v) is 4.80. The van der Waals surface area contributed by atoms with Crippen molar-refractivity contribution >= 4 is 11.6 Å². The predicted molar refractivity (Wildman–Crippen MR) is 60.9 cm³/mol. The number of Topliss-reactive ketones (excluding diaryl/α,β-unsaturated/α-hetero) is 1. The van der Waals surface area contributed by atoms with E-state index >= 15 is 0 Å². The molecule has 0 spiro atoms. The number of nitrogens with one attached hydrogen (secondary N) is 1. The van der Waals surface area contributed by atoms with Crippen molar-refractivity contribution in [2.24, 2.45) is 10.4 Å². The van der Waals surface area contributed by atoms with Crippen LogP contribution in [0.1, 0.15) is 28.3 Å². The van der Waals surface area contributed by atoms with Gasteiger partial charge in [0.2, 0.25) is 0 Å². The van der Waals surface area contributed by atoms with Crippen LogP contribution in [-0.2, 0) is 0 Å². The van der Waals surface area contributed by atoms with Gasteiger partial charge in [-0.25, -0.2) is 0 Å². The number of carbonyl (C=O) groups excluding carboxylic acids is 1. The molecule has 1 aliphatic heterocycles. The Bertz CT molecular complexity index is 534. The van der Waals surface area contributed by atoms with E-state index in [1.165, 1.54) is 5.56 Å². The van der Waals surface area contributed by atoms with Crippen LogP contribution in [-0.4, -0.2) is 24.7 Å². The molecule has 16 heavy (non-hydrogen) atoms. The second kappa shape index (κ2) is 2.54. The maximum absolute atomic E-state index is 12.4. The number of carbonyl (C=O) groups is 1. The van der Waals surface area contributed by atoms with E-state index in [1.54, 1.807) is 0 Å². The van der Waals surface area contributed by atoms with Crippen molar-refractivity contribution in [3.05, 3.63) is 35.4 Å². The molecule has 1 aromatic carbocycles. The molecule has 1 fully saturated rings. The van der Waals surface area contributed by atoms with Crippen LogP contribution in [0.4, 0.5) is 0 Å². The molecule has 1 saturated carbocycles. The van der Waals surface area contributed by atoms with E-state index in [9.17, 15) is 4.79 Å². The molecule has 0 saturated heterocycles. The Morgan fingerprint density at radius 3 is 3.00 bits per heavy atom.